The largest absolute Gasteiger partial charge is 0.381 e. The van der Waals surface area contributed by atoms with Gasteiger partial charge in [-0.25, -0.2) is 0 Å². The van der Waals surface area contributed by atoms with E-state index in [-0.39, 0.29) is 5.91 Å². The summed E-state index contributed by atoms with van der Waals surface area (Å²) in [4.78, 5) is 11.5. The molecular formula is C14H26N2O3. The Morgan fingerprint density at radius 2 is 2.16 bits per heavy atom. The van der Waals surface area contributed by atoms with Gasteiger partial charge in [0.25, 0.3) is 0 Å². The third kappa shape index (κ3) is 6.89. The number of hydrogen-bond donors (Lipinski definition) is 2. The second-order valence-corrected chi connectivity index (χ2v) is 5.58. The first-order chi connectivity index (χ1) is 9.34. The Bertz CT molecular complexity index is 263. The van der Waals surface area contributed by atoms with Crippen molar-refractivity contribution in [2.45, 2.75) is 25.7 Å². The highest BCUT2D eigenvalue weighted by Crippen LogP contribution is 2.27. The lowest BCUT2D eigenvalue weighted by atomic mass is 10.1. The van der Waals surface area contributed by atoms with Crippen LogP contribution in [0.25, 0.3) is 0 Å². The van der Waals surface area contributed by atoms with E-state index in [9.17, 15) is 4.79 Å². The van der Waals surface area contributed by atoms with E-state index in [0.29, 0.717) is 25.6 Å². The summed E-state index contributed by atoms with van der Waals surface area (Å²) in [7, 11) is 0. The molecule has 0 spiro atoms. The molecule has 1 unspecified atom stereocenters. The lowest BCUT2D eigenvalue weighted by Crippen LogP contribution is -2.35. The van der Waals surface area contributed by atoms with Crippen molar-refractivity contribution in [3.8, 4) is 0 Å². The molecule has 2 fully saturated rings. The number of rotatable bonds is 10. The summed E-state index contributed by atoms with van der Waals surface area (Å²) in [6, 6.07) is 0. The van der Waals surface area contributed by atoms with Crippen LogP contribution in [-0.4, -0.2) is 52.0 Å². The Kier molecular flexibility index (Phi) is 6.61. The molecule has 1 saturated carbocycles. The predicted octanol–water partition coefficient (Wildman–Crippen LogP) is 0.545. The second kappa shape index (κ2) is 8.51. The number of hydrogen-bond acceptors (Lipinski definition) is 4. The molecule has 0 aromatic rings. The van der Waals surface area contributed by atoms with Crippen molar-refractivity contribution in [2.24, 2.45) is 11.8 Å². The van der Waals surface area contributed by atoms with E-state index in [1.807, 2.05) is 0 Å². The molecular weight excluding hydrogens is 244 g/mol. The monoisotopic (exact) mass is 270 g/mol. The maximum absolute atomic E-state index is 11.5. The molecule has 19 heavy (non-hydrogen) atoms. The first-order valence-electron chi connectivity index (χ1n) is 7.47. The molecule has 1 saturated heterocycles. The van der Waals surface area contributed by atoms with Crippen LogP contribution in [0.3, 0.4) is 0 Å². The minimum atomic E-state index is 0.0878. The van der Waals surface area contributed by atoms with Crippen LogP contribution in [0.4, 0.5) is 0 Å². The van der Waals surface area contributed by atoms with Crippen LogP contribution in [0.5, 0.6) is 0 Å². The third-order valence-corrected chi connectivity index (χ3v) is 3.58. The Hall–Kier alpha value is -0.650. The van der Waals surface area contributed by atoms with Gasteiger partial charge in [0.15, 0.2) is 0 Å². The van der Waals surface area contributed by atoms with Crippen LogP contribution in [-0.2, 0) is 14.3 Å². The molecule has 5 heteroatoms. The van der Waals surface area contributed by atoms with Crippen molar-refractivity contribution in [2.75, 3.05) is 46.1 Å². The van der Waals surface area contributed by atoms with Gasteiger partial charge in [0.2, 0.25) is 5.91 Å². The number of carbonyl (C=O) groups is 1. The Balaban J connectivity index is 1.33. The Labute approximate surface area is 115 Å². The molecule has 1 aliphatic carbocycles. The van der Waals surface area contributed by atoms with Gasteiger partial charge in [-0.05, 0) is 38.1 Å². The SMILES string of the molecule is O=C(CNCC1CC1)NCCCOCC1CCOC1. The highest BCUT2D eigenvalue weighted by molar-refractivity contribution is 5.77. The number of amides is 1. The first-order valence-corrected chi connectivity index (χ1v) is 7.47. The molecule has 2 rings (SSSR count). The van der Waals surface area contributed by atoms with Crippen LogP contribution in [0.2, 0.25) is 0 Å². The standard InChI is InChI=1S/C14H26N2O3/c17-14(9-15-8-12-2-3-12)16-5-1-6-18-10-13-4-7-19-11-13/h12-13,15H,1-11H2,(H,16,17). The maximum atomic E-state index is 11.5. The summed E-state index contributed by atoms with van der Waals surface area (Å²) in [5, 5.41) is 6.08. The fraction of sp³-hybridized carbons (Fsp3) is 0.929. The van der Waals surface area contributed by atoms with Crippen molar-refractivity contribution in [3.05, 3.63) is 0 Å². The summed E-state index contributed by atoms with van der Waals surface area (Å²) in [6.07, 6.45) is 4.63. The molecule has 1 aliphatic heterocycles. The van der Waals surface area contributed by atoms with Crippen molar-refractivity contribution in [1.82, 2.24) is 10.6 Å². The van der Waals surface area contributed by atoms with Crippen molar-refractivity contribution < 1.29 is 14.3 Å². The van der Waals surface area contributed by atoms with Gasteiger partial charge in [-0.2, -0.15) is 0 Å². The normalized spacial score (nSPS) is 22.6. The number of nitrogens with one attached hydrogen (secondary N) is 2. The maximum Gasteiger partial charge on any atom is 0.233 e. The van der Waals surface area contributed by atoms with Gasteiger partial charge in [0.1, 0.15) is 0 Å². The molecule has 2 aliphatic rings. The molecule has 0 aromatic carbocycles. The van der Waals surface area contributed by atoms with Crippen LogP contribution in [0, 0.1) is 11.8 Å². The first kappa shape index (κ1) is 14.8. The summed E-state index contributed by atoms with van der Waals surface area (Å²) < 4.78 is 10.9. The number of carbonyl (C=O) groups excluding carboxylic acids is 1. The average molecular weight is 270 g/mol. The second-order valence-electron chi connectivity index (χ2n) is 5.58. The minimum Gasteiger partial charge on any atom is -0.381 e. The van der Waals surface area contributed by atoms with Gasteiger partial charge in [-0.1, -0.05) is 0 Å². The van der Waals surface area contributed by atoms with Crippen molar-refractivity contribution in [1.29, 1.82) is 0 Å². The van der Waals surface area contributed by atoms with E-state index in [1.165, 1.54) is 12.8 Å². The van der Waals surface area contributed by atoms with Crippen LogP contribution in [0.15, 0.2) is 0 Å². The van der Waals surface area contributed by atoms with Gasteiger partial charge < -0.3 is 20.1 Å². The summed E-state index contributed by atoms with van der Waals surface area (Å²) in [6.45, 7) is 5.34. The highest BCUT2D eigenvalue weighted by Gasteiger charge is 2.20. The fourth-order valence-corrected chi connectivity index (χ4v) is 2.14. The zero-order valence-corrected chi connectivity index (χ0v) is 11.7. The Morgan fingerprint density at radius 1 is 1.26 bits per heavy atom. The molecule has 110 valence electrons. The van der Waals surface area contributed by atoms with Crippen LogP contribution < -0.4 is 10.6 Å². The van der Waals surface area contributed by atoms with E-state index in [2.05, 4.69) is 10.6 Å². The molecule has 5 nitrogen and oxygen atoms in total. The smallest absolute Gasteiger partial charge is 0.233 e. The quantitative estimate of drug-likeness (QED) is 0.569. The zero-order valence-electron chi connectivity index (χ0n) is 11.7. The van der Waals surface area contributed by atoms with E-state index in [1.54, 1.807) is 0 Å². The van der Waals surface area contributed by atoms with Gasteiger partial charge >= 0.3 is 0 Å². The Morgan fingerprint density at radius 3 is 2.89 bits per heavy atom. The lowest BCUT2D eigenvalue weighted by molar-refractivity contribution is -0.120. The molecule has 0 bridgehead atoms. The summed E-state index contributed by atoms with van der Waals surface area (Å²) in [5.74, 6) is 1.48. The minimum absolute atomic E-state index is 0.0878. The van der Waals surface area contributed by atoms with Crippen LogP contribution >= 0.6 is 0 Å². The van der Waals surface area contributed by atoms with E-state index in [4.69, 9.17) is 9.47 Å². The average Bonchev–Trinajstić information content (AvgIpc) is 3.08. The highest BCUT2D eigenvalue weighted by atomic mass is 16.5. The fourth-order valence-electron chi connectivity index (χ4n) is 2.14. The zero-order chi connectivity index (χ0) is 13.3. The number of ether oxygens (including phenoxy) is 2. The summed E-state index contributed by atoms with van der Waals surface area (Å²) >= 11 is 0. The van der Waals surface area contributed by atoms with Gasteiger partial charge in [-0.3, -0.25) is 4.79 Å². The third-order valence-electron chi connectivity index (χ3n) is 3.58. The van der Waals surface area contributed by atoms with E-state index >= 15 is 0 Å². The van der Waals surface area contributed by atoms with Gasteiger partial charge in [-0.15, -0.1) is 0 Å². The molecule has 1 heterocycles. The topological polar surface area (TPSA) is 59.6 Å². The molecule has 1 amide bonds. The van der Waals surface area contributed by atoms with Crippen molar-refractivity contribution >= 4 is 5.91 Å². The van der Waals surface area contributed by atoms with E-state index in [0.717, 1.165) is 45.1 Å². The summed E-state index contributed by atoms with van der Waals surface area (Å²) in [5.41, 5.74) is 0. The molecule has 2 N–H and O–H groups in total. The predicted molar refractivity (Wildman–Crippen MR) is 73.0 cm³/mol. The van der Waals surface area contributed by atoms with Crippen LogP contribution in [0.1, 0.15) is 25.7 Å². The van der Waals surface area contributed by atoms with E-state index < -0.39 is 0 Å². The molecule has 1 atom stereocenters. The van der Waals surface area contributed by atoms with Gasteiger partial charge in [0.05, 0.1) is 19.8 Å². The van der Waals surface area contributed by atoms with Crippen molar-refractivity contribution in [3.63, 3.8) is 0 Å². The molecule has 0 aromatic heterocycles. The van der Waals surface area contributed by atoms with Gasteiger partial charge in [0, 0.05) is 25.7 Å². The molecule has 0 radical (unpaired) electrons. The lowest BCUT2D eigenvalue weighted by Gasteiger charge is -2.09.